The first kappa shape index (κ1) is 8.04. The largest absolute Gasteiger partial charge is 0.351 e. The Balaban J connectivity index is 2.21. The van der Waals surface area contributed by atoms with E-state index in [1.165, 1.54) is 18.4 Å². The maximum absolute atomic E-state index is 11.6. The summed E-state index contributed by atoms with van der Waals surface area (Å²) in [6, 6.07) is 6.25. The molecule has 0 saturated heterocycles. The van der Waals surface area contributed by atoms with Crippen molar-refractivity contribution in [3.63, 3.8) is 0 Å². The zero-order valence-electron chi connectivity index (χ0n) is 8.26. The molecule has 1 heterocycles. The van der Waals surface area contributed by atoms with Gasteiger partial charge in [-0.2, -0.15) is 0 Å². The van der Waals surface area contributed by atoms with Crippen molar-refractivity contribution in [2.45, 2.75) is 25.2 Å². The fourth-order valence-electron chi connectivity index (χ4n) is 2.35. The summed E-state index contributed by atoms with van der Waals surface area (Å²) in [5, 5.41) is 2.98. The minimum atomic E-state index is 0.0984. The zero-order chi connectivity index (χ0) is 9.76. The van der Waals surface area contributed by atoms with Gasteiger partial charge in [-0.3, -0.25) is 4.79 Å². The Bertz CT molecular complexity index is 418. The molecule has 2 nitrogen and oxygen atoms in total. The van der Waals surface area contributed by atoms with Crippen molar-refractivity contribution in [3.8, 4) is 0 Å². The van der Waals surface area contributed by atoms with E-state index < -0.39 is 0 Å². The van der Waals surface area contributed by atoms with Crippen LogP contribution in [0.4, 0.5) is 0 Å². The van der Waals surface area contributed by atoms with Crippen LogP contribution < -0.4 is 5.32 Å². The van der Waals surface area contributed by atoms with Crippen molar-refractivity contribution in [1.82, 2.24) is 5.32 Å². The van der Waals surface area contributed by atoms with Gasteiger partial charge in [0.15, 0.2) is 0 Å². The van der Waals surface area contributed by atoms with Crippen LogP contribution >= 0.6 is 0 Å². The Morgan fingerprint density at radius 3 is 2.86 bits per heavy atom. The number of hydrogen-bond donors (Lipinski definition) is 1. The van der Waals surface area contributed by atoms with E-state index in [1.807, 2.05) is 13.0 Å². The predicted molar refractivity (Wildman–Crippen MR) is 54.4 cm³/mol. The molecule has 1 aromatic carbocycles. The monoisotopic (exact) mass is 187 g/mol. The standard InChI is InChI=1S/C12H13NO/c1-8-2-3-10-9(6-8)11(14)13-7-12(10)4-5-12/h2-3,6H,4-5,7H2,1H3,(H,13,14). The summed E-state index contributed by atoms with van der Waals surface area (Å²) in [6.45, 7) is 2.86. The first-order valence-corrected chi connectivity index (χ1v) is 5.11. The molecule has 0 bridgehead atoms. The fourth-order valence-corrected chi connectivity index (χ4v) is 2.35. The molecule has 0 unspecified atom stereocenters. The minimum Gasteiger partial charge on any atom is -0.351 e. The molecule has 1 aliphatic heterocycles. The lowest BCUT2D eigenvalue weighted by atomic mass is 9.87. The van der Waals surface area contributed by atoms with Crippen molar-refractivity contribution < 1.29 is 4.79 Å². The highest BCUT2D eigenvalue weighted by molar-refractivity contribution is 5.98. The average Bonchev–Trinajstić information content (AvgIpc) is 2.93. The van der Waals surface area contributed by atoms with E-state index in [1.54, 1.807) is 0 Å². The Labute approximate surface area is 83.3 Å². The normalized spacial score (nSPS) is 21.6. The van der Waals surface area contributed by atoms with Gasteiger partial charge in [0.05, 0.1) is 0 Å². The Morgan fingerprint density at radius 2 is 2.14 bits per heavy atom. The summed E-state index contributed by atoms with van der Waals surface area (Å²) in [7, 11) is 0. The topological polar surface area (TPSA) is 29.1 Å². The number of hydrogen-bond acceptors (Lipinski definition) is 1. The molecule has 0 atom stereocenters. The van der Waals surface area contributed by atoms with Crippen LogP contribution in [-0.2, 0) is 5.41 Å². The molecule has 2 aliphatic rings. The molecule has 1 saturated carbocycles. The van der Waals surface area contributed by atoms with Crippen LogP contribution in [0, 0.1) is 6.92 Å². The van der Waals surface area contributed by atoms with Gasteiger partial charge >= 0.3 is 0 Å². The highest BCUT2D eigenvalue weighted by atomic mass is 16.1. The van der Waals surface area contributed by atoms with E-state index in [4.69, 9.17) is 0 Å². The van der Waals surface area contributed by atoms with E-state index >= 15 is 0 Å². The molecule has 0 aromatic heterocycles. The minimum absolute atomic E-state index is 0.0984. The summed E-state index contributed by atoms with van der Waals surface area (Å²) in [5.41, 5.74) is 3.63. The van der Waals surface area contributed by atoms with Gasteiger partial charge in [-0.15, -0.1) is 0 Å². The third-order valence-corrected chi connectivity index (χ3v) is 3.43. The number of nitrogens with one attached hydrogen (secondary N) is 1. The van der Waals surface area contributed by atoms with Crippen molar-refractivity contribution in [2.75, 3.05) is 6.54 Å². The first-order valence-electron chi connectivity index (χ1n) is 5.11. The van der Waals surface area contributed by atoms with E-state index in [-0.39, 0.29) is 5.91 Å². The number of fused-ring (bicyclic) bond motifs is 2. The number of carbonyl (C=O) groups excluding carboxylic acids is 1. The van der Waals surface area contributed by atoms with Crippen molar-refractivity contribution in [1.29, 1.82) is 0 Å². The number of carbonyl (C=O) groups is 1. The summed E-state index contributed by atoms with van der Waals surface area (Å²) < 4.78 is 0. The molecular weight excluding hydrogens is 174 g/mol. The first-order chi connectivity index (χ1) is 6.71. The van der Waals surface area contributed by atoms with Gasteiger partial charge in [-0.25, -0.2) is 0 Å². The van der Waals surface area contributed by atoms with E-state index in [0.29, 0.717) is 5.41 Å². The molecule has 1 spiro atoms. The van der Waals surface area contributed by atoms with Gasteiger partial charge in [-0.05, 0) is 31.4 Å². The second-order valence-corrected chi connectivity index (χ2v) is 4.51. The lowest BCUT2D eigenvalue weighted by Gasteiger charge is -2.25. The molecule has 1 fully saturated rings. The van der Waals surface area contributed by atoms with Gasteiger partial charge in [0.2, 0.25) is 0 Å². The van der Waals surface area contributed by atoms with Crippen LogP contribution in [-0.4, -0.2) is 12.5 Å². The summed E-state index contributed by atoms with van der Waals surface area (Å²) in [6.07, 6.45) is 2.45. The average molecular weight is 187 g/mol. The van der Waals surface area contributed by atoms with Crippen molar-refractivity contribution in [2.24, 2.45) is 0 Å². The van der Waals surface area contributed by atoms with Crippen LogP contribution in [0.15, 0.2) is 18.2 Å². The molecule has 0 radical (unpaired) electrons. The number of rotatable bonds is 0. The molecule has 1 aliphatic carbocycles. The quantitative estimate of drug-likeness (QED) is 0.659. The summed E-state index contributed by atoms with van der Waals surface area (Å²) in [5.74, 6) is 0.0984. The Hall–Kier alpha value is -1.31. The third-order valence-electron chi connectivity index (χ3n) is 3.43. The maximum atomic E-state index is 11.6. The lowest BCUT2D eigenvalue weighted by Crippen LogP contribution is -2.39. The number of benzene rings is 1. The van der Waals surface area contributed by atoms with Crippen LogP contribution in [0.25, 0.3) is 0 Å². The smallest absolute Gasteiger partial charge is 0.251 e. The number of aryl methyl sites for hydroxylation is 1. The molecule has 14 heavy (non-hydrogen) atoms. The molecule has 1 N–H and O–H groups in total. The van der Waals surface area contributed by atoms with Crippen molar-refractivity contribution >= 4 is 5.91 Å². The van der Waals surface area contributed by atoms with Crippen LogP contribution in [0.2, 0.25) is 0 Å². The van der Waals surface area contributed by atoms with Gasteiger partial charge < -0.3 is 5.32 Å². The zero-order valence-corrected chi connectivity index (χ0v) is 8.26. The number of amides is 1. The van der Waals surface area contributed by atoms with E-state index in [2.05, 4.69) is 17.4 Å². The SMILES string of the molecule is Cc1ccc2c(c1)C(=O)NCC21CC1. The second kappa shape index (κ2) is 2.38. The van der Waals surface area contributed by atoms with E-state index in [0.717, 1.165) is 17.7 Å². The fraction of sp³-hybridized carbons (Fsp3) is 0.417. The second-order valence-electron chi connectivity index (χ2n) is 4.51. The van der Waals surface area contributed by atoms with Gasteiger partial charge in [0.25, 0.3) is 5.91 Å². The highest BCUT2D eigenvalue weighted by Crippen LogP contribution is 2.50. The summed E-state index contributed by atoms with van der Waals surface area (Å²) >= 11 is 0. The van der Waals surface area contributed by atoms with Gasteiger partial charge in [0.1, 0.15) is 0 Å². The molecule has 1 aromatic rings. The predicted octanol–water partition coefficient (Wildman–Crippen LogP) is 1.77. The molecule has 72 valence electrons. The van der Waals surface area contributed by atoms with Gasteiger partial charge in [0, 0.05) is 17.5 Å². The lowest BCUT2D eigenvalue weighted by molar-refractivity contribution is 0.0937. The Morgan fingerprint density at radius 1 is 1.36 bits per heavy atom. The Kier molecular flexibility index (Phi) is 1.37. The summed E-state index contributed by atoms with van der Waals surface area (Å²) in [4.78, 5) is 11.6. The molecular formula is C12H13NO. The van der Waals surface area contributed by atoms with Crippen LogP contribution in [0.3, 0.4) is 0 Å². The molecule has 1 amide bonds. The highest BCUT2D eigenvalue weighted by Gasteiger charge is 2.48. The van der Waals surface area contributed by atoms with Gasteiger partial charge in [-0.1, -0.05) is 17.7 Å². The third kappa shape index (κ3) is 0.939. The molecule has 2 heteroatoms. The van der Waals surface area contributed by atoms with Crippen LogP contribution in [0.1, 0.15) is 34.3 Å². The maximum Gasteiger partial charge on any atom is 0.251 e. The van der Waals surface area contributed by atoms with Crippen molar-refractivity contribution in [3.05, 3.63) is 34.9 Å². The van der Waals surface area contributed by atoms with Crippen LogP contribution in [0.5, 0.6) is 0 Å². The van der Waals surface area contributed by atoms with E-state index in [9.17, 15) is 4.79 Å². The molecule has 3 rings (SSSR count).